The summed E-state index contributed by atoms with van der Waals surface area (Å²) in [6.45, 7) is 2.09. The van der Waals surface area contributed by atoms with Crippen LogP contribution in [-0.4, -0.2) is 31.7 Å². The first-order valence-electron chi connectivity index (χ1n) is 11.0. The Balaban J connectivity index is 1.37. The zero-order valence-corrected chi connectivity index (χ0v) is 19.4. The number of esters is 1. The van der Waals surface area contributed by atoms with Crippen molar-refractivity contribution in [3.05, 3.63) is 102 Å². The van der Waals surface area contributed by atoms with Crippen LogP contribution in [0.1, 0.15) is 21.5 Å². The minimum atomic E-state index is -0.477. The Morgan fingerprint density at radius 2 is 1.69 bits per heavy atom. The Kier molecular flexibility index (Phi) is 7.37. The molecule has 0 aromatic heterocycles. The number of methoxy groups -OCH3 is 1. The normalized spacial score (nSPS) is 10.8. The molecule has 1 amide bonds. The van der Waals surface area contributed by atoms with Crippen LogP contribution in [0.25, 0.3) is 10.8 Å². The van der Waals surface area contributed by atoms with Crippen molar-refractivity contribution in [3.8, 4) is 11.5 Å². The van der Waals surface area contributed by atoms with Crippen LogP contribution in [0.3, 0.4) is 0 Å². The lowest BCUT2D eigenvalue weighted by Crippen LogP contribution is -2.25. The third kappa shape index (κ3) is 6.03. The van der Waals surface area contributed by atoms with Crippen LogP contribution in [0, 0.1) is 6.92 Å². The molecule has 4 aromatic rings. The number of hydrogen-bond donors (Lipinski definition) is 2. The first-order chi connectivity index (χ1) is 17.0. The smallest absolute Gasteiger partial charge is 0.344 e. The van der Waals surface area contributed by atoms with Gasteiger partial charge in [0.2, 0.25) is 0 Å². The Morgan fingerprint density at radius 3 is 2.49 bits per heavy atom. The summed E-state index contributed by atoms with van der Waals surface area (Å²) in [5.74, 6) is -0.104. The molecule has 35 heavy (non-hydrogen) atoms. The van der Waals surface area contributed by atoms with E-state index in [4.69, 9.17) is 9.47 Å². The van der Waals surface area contributed by atoms with E-state index in [1.807, 2.05) is 67.6 Å². The van der Waals surface area contributed by atoms with Crippen molar-refractivity contribution in [1.29, 1.82) is 0 Å². The zero-order valence-electron chi connectivity index (χ0n) is 19.4. The maximum Gasteiger partial charge on any atom is 0.344 e. The SMILES string of the molecule is COc1cc(C=NNC(=O)CNc2ccc(C)cc2)ccc1OC(=O)c1cccc2ccccc12. The van der Waals surface area contributed by atoms with E-state index < -0.39 is 5.97 Å². The van der Waals surface area contributed by atoms with Crippen molar-refractivity contribution in [2.24, 2.45) is 5.10 Å². The topological polar surface area (TPSA) is 89.0 Å². The van der Waals surface area contributed by atoms with Gasteiger partial charge < -0.3 is 14.8 Å². The van der Waals surface area contributed by atoms with Gasteiger partial charge in [-0.25, -0.2) is 10.2 Å². The number of hydrazone groups is 1. The van der Waals surface area contributed by atoms with Gasteiger partial charge in [0.15, 0.2) is 11.5 Å². The summed E-state index contributed by atoms with van der Waals surface area (Å²) in [4.78, 5) is 24.9. The third-order valence-corrected chi connectivity index (χ3v) is 5.31. The molecule has 0 aliphatic carbocycles. The van der Waals surface area contributed by atoms with Gasteiger partial charge in [-0.3, -0.25) is 4.79 Å². The summed E-state index contributed by atoms with van der Waals surface area (Å²) < 4.78 is 11.0. The molecule has 0 heterocycles. The van der Waals surface area contributed by atoms with E-state index in [1.54, 1.807) is 24.3 Å². The fourth-order valence-corrected chi connectivity index (χ4v) is 3.48. The van der Waals surface area contributed by atoms with Gasteiger partial charge in [0.1, 0.15) is 0 Å². The predicted octanol–water partition coefficient (Wildman–Crippen LogP) is 4.94. The van der Waals surface area contributed by atoms with Gasteiger partial charge in [0, 0.05) is 5.69 Å². The van der Waals surface area contributed by atoms with Crippen molar-refractivity contribution >= 4 is 34.6 Å². The second kappa shape index (κ2) is 11.0. The summed E-state index contributed by atoms with van der Waals surface area (Å²) in [6, 6.07) is 25.9. The van der Waals surface area contributed by atoms with Gasteiger partial charge in [-0.05, 0) is 59.7 Å². The number of amides is 1. The maximum atomic E-state index is 12.9. The molecule has 0 spiro atoms. The number of benzene rings is 4. The zero-order chi connectivity index (χ0) is 24.6. The van der Waals surface area contributed by atoms with Gasteiger partial charge in [-0.15, -0.1) is 0 Å². The quantitative estimate of drug-likeness (QED) is 0.166. The Morgan fingerprint density at radius 1 is 0.914 bits per heavy atom. The number of carbonyl (C=O) groups is 2. The molecule has 0 atom stereocenters. The Bertz CT molecular complexity index is 1380. The van der Waals surface area contributed by atoms with Crippen molar-refractivity contribution in [3.63, 3.8) is 0 Å². The van der Waals surface area contributed by atoms with E-state index in [0.717, 1.165) is 22.0 Å². The molecule has 4 rings (SSSR count). The fraction of sp³-hybridized carbons (Fsp3) is 0.107. The summed E-state index contributed by atoms with van der Waals surface area (Å²) in [5, 5.41) is 8.79. The van der Waals surface area contributed by atoms with Crippen molar-refractivity contribution < 1.29 is 19.1 Å². The van der Waals surface area contributed by atoms with E-state index in [-0.39, 0.29) is 18.2 Å². The number of fused-ring (bicyclic) bond motifs is 1. The highest BCUT2D eigenvalue weighted by atomic mass is 16.6. The number of hydrogen-bond acceptors (Lipinski definition) is 6. The van der Waals surface area contributed by atoms with Crippen LogP contribution >= 0.6 is 0 Å². The number of ether oxygens (including phenoxy) is 2. The second-order valence-corrected chi connectivity index (χ2v) is 7.84. The summed E-state index contributed by atoms with van der Waals surface area (Å²) in [7, 11) is 1.49. The van der Waals surface area contributed by atoms with Gasteiger partial charge in [0.05, 0.1) is 25.4 Å². The van der Waals surface area contributed by atoms with E-state index in [0.29, 0.717) is 16.9 Å². The van der Waals surface area contributed by atoms with Gasteiger partial charge >= 0.3 is 5.97 Å². The number of anilines is 1. The van der Waals surface area contributed by atoms with E-state index in [1.165, 1.54) is 13.3 Å². The number of nitrogens with zero attached hydrogens (tertiary/aromatic N) is 1. The lowest BCUT2D eigenvalue weighted by Gasteiger charge is -2.11. The Labute approximate surface area is 203 Å². The monoisotopic (exact) mass is 467 g/mol. The first-order valence-corrected chi connectivity index (χ1v) is 11.0. The first kappa shape index (κ1) is 23.5. The summed E-state index contributed by atoms with van der Waals surface area (Å²) in [5.41, 5.74) is 5.62. The largest absolute Gasteiger partial charge is 0.493 e. The molecule has 0 saturated carbocycles. The van der Waals surface area contributed by atoms with Crippen LogP contribution in [-0.2, 0) is 4.79 Å². The Hall–Kier alpha value is -4.65. The van der Waals surface area contributed by atoms with Crippen molar-refractivity contribution in [2.75, 3.05) is 19.0 Å². The highest BCUT2D eigenvalue weighted by Gasteiger charge is 2.15. The number of nitrogens with one attached hydrogen (secondary N) is 2. The molecule has 0 fully saturated rings. The predicted molar refractivity (Wildman–Crippen MR) is 137 cm³/mol. The minimum Gasteiger partial charge on any atom is -0.493 e. The van der Waals surface area contributed by atoms with E-state index in [2.05, 4.69) is 15.8 Å². The van der Waals surface area contributed by atoms with Gasteiger partial charge in [0.25, 0.3) is 5.91 Å². The molecular formula is C28H25N3O4. The second-order valence-electron chi connectivity index (χ2n) is 7.84. The van der Waals surface area contributed by atoms with Crippen LogP contribution in [0.15, 0.2) is 90.0 Å². The molecule has 0 bridgehead atoms. The van der Waals surface area contributed by atoms with Crippen molar-refractivity contribution in [1.82, 2.24) is 5.43 Å². The highest BCUT2D eigenvalue weighted by Crippen LogP contribution is 2.29. The average Bonchev–Trinajstić information content (AvgIpc) is 2.88. The highest BCUT2D eigenvalue weighted by molar-refractivity contribution is 6.05. The lowest BCUT2D eigenvalue weighted by molar-refractivity contribution is -0.119. The molecule has 0 aliphatic rings. The summed E-state index contributed by atoms with van der Waals surface area (Å²) in [6.07, 6.45) is 1.49. The number of aryl methyl sites for hydroxylation is 1. The van der Waals surface area contributed by atoms with Crippen LogP contribution in [0.4, 0.5) is 5.69 Å². The van der Waals surface area contributed by atoms with Crippen LogP contribution in [0.5, 0.6) is 11.5 Å². The molecule has 0 aliphatic heterocycles. The maximum absolute atomic E-state index is 12.9. The summed E-state index contributed by atoms with van der Waals surface area (Å²) >= 11 is 0. The molecule has 4 aromatic carbocycles. The molecule has 176 valence electrons. The molecule has 0 radical (unpaired) electrons. The number of rotatable bonds is 8. The lowest BCUT2D eigenvalue weighted by atomic mass is 10.0. The van der Waals surface area contributed by atoms with Crippen LogP contribution in [0.2, 0.25) is 0 Å². The molecule has 0 unspecified atom stereocenters. The fourth-order valence-electron chi connectivity index (χ4n) is 3.48. The average molecular weight is 468 g/mol. The molecule has 7 nitrogen and oxygen atoms in total. The van der Waals surface area contributed by atoms with Crippen LogP contribution < -0.4 is 20.2 Å². The van der Waals surface area contributed by atoms with Crippen molar-refractivity contribution in [2.45, 2.75) is 6.92 Å². The van der Waals surface area contributed by atoms with Gasteiger partial charge in [-0.2, -0.15) is 5.10 Å². The van der Waals surface area contributed by atoms with E-state index in [9.17, 15) is 9.59 Å². The third-order valence-electron chi connectivity index (χ3n) is 5.31. The molecular weight excluding hydrogens is 442 g/mol. The molecule has 7 heteroatoms. The van der Waals surface area contributed by atoms with Gasteiger partial charge in [-0.1, -0.05) is 54.1 Å². The minimum absolute atomic E-state index is 0.0901. The standard InChI is InChI=1S/C28H25N3O4/c1-19-10-13-22(14-11-19)29-18-27(32)31-30-17-20-12-15-25(26(16-20)34-2)35-28(33)24-9-5-7-21-6-3-4-8-23(21)24/h3-17,29H,18H2,1-2H3,(H,31,32). The number of carbonyl (C=O) groups excluding carboxylic acids is 2. The molecule has 0 saturated heterocycles. The molecule has 2 N–H and O–H groups in total. The van der Waals surface area contributed by atoms with E-state index >= 15 is 0 Å².